The third-order valence-corrected chi connectivity index (χ3v) is 3.49. The molecular formula is C14H14BrN3O. The second kappa shape index (κ2) is 5.84. The molecule has 0 saturated heterocycles. The molecule has 0 unspecified atom stereocenters. The molecule has 0 saturated carbocycles. The van der Waals surface area contributed by atoms with E-state index in [0.717, 1.165) is 15.7 Å². The third kappa shape index (κ3) is 3.32. The number of nitrogen functional groups attached to an aromatic ring is 1. The van der Waals surface area contributed by atoms with Crippen LogP contribution >= 0.6 is 15.9 Å². The van der Waals surface area contributed by atoms with E-state index in [-0.39, 0.29) is 5.91 Å². The van der Waals surface area contributed by atoms with Crippen LogP contribution in [0.5, 0.6) is 0 Å². The van der Waals surface area contributed by atoms with Crippen molar-refractivity contribution < 1.29 is 4.79 Å². The quantitative estimate of drug-likeness (QED) is 0.913. The van der Waals surface area contributed by atoms with Crippen molar-refractivity contribution in [3.8, 4) is 0 Å². The maximum atomic E-state index is 12.0. The Morgan fingerprint density at radius 1 is 1.42 bits per heavy atom. The van der Waals surface area contributed by atoms with Crippen molar-refractivity contribution in [3.63, 3.8) is 0 Å². The normalized spacial score (nSPS) is 10.2. The summed E-state index contributed by atoms with van der Waals surface area (Å²) in [4.78, 5) is 16.1. The number of nitrogens with two attached hydrogens (primary N) is 1. The summed E-state index contributed by atoms with van der Waals surface area (Å²) >= 11 is 3.44. The van der Waals surface area contributed by atoms with Crippen LogP contribution in [0, 0.1) is 6.92 Å². The Bertz CT molecular complexity index is 613. The number of anilines is 1. The van der Waals surface area contributed by atoms with Gasteiger partial charge in [-0.25, -0.2) is 0 Å². The molecule has 0 aliphatic heterocycles. The number of pyridine rings is 1. The first-order valence-corrected chi connectivity index (χ1v) is 6.61. The fourth-order valence-corrected chi connectivity index (χ4v) is 2.11. The van der Waals surface area contributed by atoms with Crippen molar-refractivity contribution in [1.82, 2.24) is 10.3 Å². The number of carbonyl (C=O) groups excluding carboxylic acids is 1. The lowest BCUT2D eigenvalue weighted by Crippen LogP contribution is -2.24. The first-order valence-electron chi connectivity index (χ1n) is 5.81. The van der Waals surface area contributed by atoms with E-state index < -0.39 is 0 Å². The number of benzene rings is 1. The molecule has 0 atom stereocenters. The van der Waals surface area contributed by atoms with Crippen molar-refractivity contribution in [2.24, 2.45) is 0 Å². The number of halogens is 1. The van der Waals surface area contributed by atoms with Gasteiger partial charge in [-0.2, -0.15) is 0 Å². The van der Waals surface area contributed by atoms with Gasteiger partial charge < -0.3 is 11.1 Å². The summed E-state index contributed by atoms with van der Waals surface area (Å²) in [6, 6.07) is 9.42. The summed E-state index contributed by atoms with van der Waals surface area (Å²) < 4.78 is 0.963. The van der Waals surface area contributed by atoms with Crippen LogP contribution in [-0.4, -0.2) is 10.9 Å². The third-order valence-electron chi connectivity index (χ3n) is 2.71. The van der Waals surface area contributed by atoms with Gasteiger partial charge in [0.2, 0.25) is 0 Å². The van der Waals surface area contributed by atoms with E-state index in [1.54, 1.807) is 6.07 Å². The van der Waals surface area contributed by atoms with Gasteiger partial charge in [0.05, 0.1) is 5.56 Å². The topological polar surface area (TPSA) is 68.0 Å². The number of carbonyl (C=O) groups is 1. The van der Waals surface area contributed by atoms with Gasteiger partial charge in [0.15, 0.2) is 0 Å². The Hall–Kier alpha value is -1.88. The van der Waals surface area contributed by atoms with Gasteiger partial charge in [-0.05, 0) is 24.6 Å². The molecule has 1 amide bonds. The highest BCUT2D eigenvalue weighted by Gasteiger charge is 2.10. The van der Waals surface area contributed by atoms with E-state index in [0.29, 0.717) is 17.8 Å². The average Bonchev–Trinajstić information content (AvgIpc) is 2.37. The van der Waals surface area contributed by atoms with Crippen molar-refractivity contribution >= 4 is 27.5 Å². The number of hydrogen-bond donors (Lipinski definition) is 2. The SMILES string of the molecule is Cc1cc(N)c(C(=O)NCc2ccccc2Br)cn1. The maximum Gasteiger partial charge on any atom is 0.255 e. The molecule has 0 aliphatic carbocycles. The van der Waals surface area contributed by atoms with Crippen molar-refractivity contribution in [2.75, 3.05) is 5.73 Å². The first-order chi connectivity index (χ1) is 9.08. The van der Waals surface area contributed by atoms with Crippen LogP contribution < -0.4 is 11.1 Å². The summed E-state index contributed by atoms with van der Waals surface area (Å²) in [6.07, 6.45) is 1.50. The molecule has 0 radical (unpaired) electrons. The van der Waals surface area contributed by atoms with Crippen LogP contribution in [-0.2, 0) is 6.54 Å². The first kappa shape index (κ1) is 13.5. The highest BCUT2D eigenvalue weighted by molar-refractivity contribution is 9.10. The molecule has 1 aromatic heterocycles. The van der Waals surface area contributed by atoms with Crippen LogP contribution in [0.1, 0.15) is 21.6 Å². The molecule has 0 spiro atoms. The molecule has 5 heteroatoms. The second-order valence-electron chi connectivity index (χ2n) is 4.19. The zero-order chi connectivity index (χ0) is 13.8. The van der Waals surface area contributed by atoms with Gasteiger partial charge in [0.1, 0.15) is 0 Å². The zero-order valence-corrected chi connectivity index (χ0v) is 12.1. The molecule has 2 aromatic rings. The lowest BCUT2D eigenvalue weighted by atomic mass is 10.2. The molecule has 1 heterocycles. The minimum Gasteiger partial charge on any atom is -0.398 e. The number of amides is 1. The van der Waals surface area contributed by atoms with E-state index in [9.17, 15) is 4.79 Å². The van der Waals surface area contributed by atoms with E-state index in [1.807, 2.05) is 31.2 Å². The summed E-state index contributed by atoms with van der Waals surface area (Å²) in [6.45, 7) is 2.27. The van der Waals surface area contributed by atoms with Crippen LogP contribution in [0.4, 0.5) is 5.69 Å². The number of aromatic nitrogens is 1. The van der Waals surface area contributed by atoms with Gasteiger partial charge in [-0.1, -0.05) is 34.1 Å². The standard InChI is InChI=1S/C14H14BrN3O/c1-9-6-13(16)11(8-17-9)14(19)18-7-10-4-2-3-5-12(10)15/h2-6,8H,7H2,1H3,(H2,16,17)(H,18,19). The van der Waals surface area contributed by atoms with Gasteiger partial charge >= 0.3 is 0 Å². The van der Waals surface area contributed by atoms with Crippen LogP contribution in [0.3, 0.4) is 0 Å². The zero-order valence-electron chi connectivity index (χ0n) is 10.5. The predicted molar refractivity (Wildman–Crippen MR) is 78.7 cm³/mol. The second-order valence-corrected chi connectivity index (χ2v) is 5.04. The molecular weight excluding hydrogens is 306 g/mol. The van der Waals surface area contributed by atoms with Gasteiger partial charge in [0.25, 0.3) is 5.91 Å². The lowest BCUT2D eigenvalue weighted by molar-refractivity contribution is 0.0951. The van der Waals surface area contributed by atoms with Crippen LogP contribution in [0.2, 0.25) is 0 Å². The number of nitrogens with one attached hydrogen (secondary N) is 1. The number of nitrogens with zero attached hydrogens (tertiary/aromatic N) is 1. The predicted octanol–water partition coefficient (Wildman–Crippen LogP) is 2.66. The highest BCUT2D eigenvalue weighted by Crippen LogP contribution is 2.16. The summed E-state index contributed by atoms with van der Waals surface area (Å²) in [5, 5.41) is 2.83. The van der Waals surface area contributed by atoms with Crippen molar-refractivity contribution in [3.05, 3.63) is 57.8 Å². The fourth-order valence-electron chi connectivity index (χ4n) is 1.68. The summed E-state index contributed by atoms with van der Waals surface area (Å²) in [5.74, 6) is -0.222. The summed E-state index contributed by atoms with van der Waals surface area (Å²) in [5.41, 5.74) is 8.45. The molecule has 19 heavy (non-hydrogen) atoms. The van der Waals surface area contributed by atoms with E-state index in [2.05, 4.69) is 26.2 Å². The van der Waals surface area contributed by atoms with Gasteiger partial charge in [-0.3, -0.25) is 9.78 Å². The molecule has 98 valence electrons. The number of hydrogen-bond acceptors (Lipinski definition) is 3. The Balaban J connectivity index is 2.08. The maximum absolute atomic E-state index is 12.0. The molecule has 4 nitrogen and oxygen atoms in total. The monoisotopic (exact) mass is 319 g/mol. The Morgan fingerprint density at radius 3 is 2.84 bits per heavy atom. The minimum atomic E-state index is -0.222. The Labute approximate surface area is 120 Å². The molecule has 2 rings (SSSR count). The van der Waals surface area contributed by atoms with Gasteiger partial charge in [0, 0.05) is 28.6 Å². The Kier molecular flexibility index (Phi) is 4.16. The molecule has 0 bridgehead atoms. The molecule has 0 aliphatic rings. The van der Waals surface area contributed by atoms with Gasteiger partial charge in [-0.15, -0.1) is 0 Å². The summed E-state index contributed by atoms with van der Waals surface area (Å²) in [7, 11) is 0. The minimum absolute atomic E-state index is 0.222. The largest absolute Gasteiger partial charge is 0.398 e. The Morgan fingerprint density at radius 2 is 2.16 bits per heavy atom. The smallest absolute Gasteiger partial charge is 0.255 e. The fraction of sp³-hybridized carbons (Fsp3) is 0.143. The van der Waals surface area contributed by atoms with Crippen LogP contribution in [0.25, 0.3) is 0 Å². The van der Waals surface area contributed by atoms with Crippen LogP contribution in [0.15, 0.2) is 41.0 Å². The molecule has 3 N–H and O–H groups in total. The molecule has 1 aromatic carbocycles. The average molecular weight is 320 g/mol. The van der Waals surface area contributed by atoms with E-state index in [1.165, 1.54) is 6.20 Å². The van der Waals surface area contributed by atoms with E-state index >= 15 is 0 Å². The number of aryl methyl sites for hydroxylation is 1. The number of rotatable bonds is 3. The van der Waals surface area contributed by atoms with Crippen molar-refractivity contribution in [1.29, 1.82) is 0 Å². The highest BCUT2D eigenvalue weighted by atomic mass is 79.9. The van der Waals surface area contributed by atoms with E-state index in [4.69, 9.17) is 5.73 Å². The van der Waals surface area contributed by atoms with Crippen molar-refractivity contribution in [2.45, 2.75) is 13.5 Å². The molecule has 0 fully saturated rings. The lowest BCUT2D eigenvalue weighted by Gasteiger charge is -2.09.